The van der Waals surface area contributed by atoms with Crippen LogP contribution >= 0.6 is 0 Å². The predicted octanol–water partition coefficient (Wildman–Crippen LogP) is 31.7. The number of aryl methyl sites for hydroxylation is 2. The van der Waals surface area contributed by atoms with Crippen molar-refractivity contribution in [2.45, 2.75) is 13.8 Å². The van der Waals surface area contributed by atoms with Gasteiger partial charge in [0.25, 0.3) is 0 Å². The number of fused-ring (bicyclic) bond motifs is 17. The third kappa shape index (κ3) is 9.27. The highest BCUT2D eigenvalue weighted by atomic mass is 16.5. The van der Waals surface area contributed by atoms with Gasteiger partial charge in [-0.05, 0) is 371 Å². The molecule has 0 unspecified atom stereocenters. The van der Waals surface area contributed by atoms with Crippen LogP contribution in [0.15, 0.2) is 315 Å². The van der Waals surface area contributed by atoms with E-state index in [1.54, 1.807) is 42.7 Å². The van der Waals surface area contributed by atoms with Gasteiger partial charge in [0.1, 0.15) is 34.5 Å². The number of ether oxygens (including phenoxy) is 6. The highest BCUT2D eigenvalue weighted by Gasteiger charge is 2.39. The quantitative estimate of drug-likeness (QED) is 0.0799. The maximum absolute atomic E-state index is 5.91. The lowest BCUT2D eigenvalue weighted by Gasteiger charge is -2.26. The number of hydrogen-bond acceptors (Lipinski definition) is 6. The van der Waals surface area contributed by atoms with Crippen molar-refractivity contribution in [1.29, 1.82) is 0 Å². The molecule has 0 spiro atoms. The van der Waals surface area contributed by atoms with Crippen molar-refractivity contribution in [2.75, 3.05) is 42.7 Å². The normalized spacial score (nSPS) is 12.4. The van der Waals surface area contributed by atoms with Crippen LogP contribution in [0.25, 0.3) is 274 Å². The fourth-order valence-corrected chi connectivity index (χ4v) is 23.2. The minimum absolute atomic E-state index is 0.790. The Kier molecular flexibility index (Phi) is 14.8. The Morgan fingerprint density at radius 2 is 0.315 bits per heavy atom. The van der Waals surface area contributed by atoms with Crippen LogP contribution < -0.4 is 28.4 Å². The zero-order chi connectivity index (χ0) is 82.5. The number of benzene rings is 22. The highest BCUT2D eigenvalue weighted by Crippen LogP contribution is 2.66. The molecule has 2 aliphatic carbocycles. The first-order valence-electron chi connectivity index (χ1n) is 42.6. The molecule has 0 saturated carbocycles. The smallest absolute Gasteiger partial charge is 0.118 e. The maximum Gasteiger partial charge on any atom is 0.118 e. The number of methoxy groups -OCH3 is 6. The third-order valence-corrected chi connectivity index (χ3v) is 28.4. The van der Waals surface area contributed by atoms with Crippen molar-refractivity contribution in [2.24, 2.45) is 0 Å². The summed E-state index contributed by atoms with van der Waals surface area (Å²) in [7, 11) is 10.4. The second kappa shape index (κ2) is 26.0. The van der Waals surface area contributed by atoms with E-state index >= 15 is 0 Å². The SMILES string of the molecule is COc1ccc(-c2c(-c3ccc(OC)cc3)c(-c3ccc(OC)cc3)c3c(c2-c2ccc(OC)cc2)-c2ccc4c5ccc6c7c(C)c8c9ccc%10c%11ccc%12c%13c(ccc(c%14ccc(c8c(C)c7c7ccc(c8ccc-3c2c48)c5c67)c9c%10%14)c%13%11)-c2c-%12c(-c3ccc(OC)cc3)c3c(-c4ccccc4)ccc(-c4ccccc4)c3c2-c2ccc(OC)cc2)cc1. The summed E-state index contributed by atoms with van der Waals surface area (Å²) in [5, 5.41) is 33.6. The Morgan fingerprint density at radius 1 is 0.129 bits per heavy atom. The third-order valence-electron chi connectivity index (χ3n) is 28.4. The van der Waals surface area contributed by atoms with Crippen LogP contribution in [0.2, 0.25) is 0 Å². The topological polar surface area (TPSA) is 55.4 Å². The largest absolute Gasteiger partial charge is 0.497 e. The summed E-state index contributed by atoms with van der Waals surface area (Å²) in [6.07, 6.45) is 0. The van der Waals surface area contributed by atoms with Gasteiger partial charge in [-0.2, -0.15) is 0 Å². The van der Waals surface area contributed by atoms with Gasteiger partial charge in [-0.25, -0.2) is 0 Å². The molecule has 6 nitrogen and oxygen atoms in total. The summed E-state index contributed by atoms with van der Waals surface area (Å²) in [4.78, 5) is 0. The molecule has 584 valence electrons. The van der Waals surface area contributed by atoms with Crippen molar-refractivity contribution in [3.05, 3.63) is 327 Å². The molecule has 0 fully saturated rings. The fourth-order valence-electron chi connectivity index (χ4n) is 23.2. The molecule has 0 aliphatic heterocycles. The molecule has 0 atom stereocenters. The van der Waals surface area contributed by atoms with E-state index in [4.69, 9.17) is 28.4 Å². The van der Waals surface area contributed by atoms with E-state index in [2.05, 4.69) is 329 Å². The van der Waals surface area contributed by atoms with E-state index in [0.29, 0.717) is 0 Å². The average molecular weight is 1590 g/mol. The van der Waals surface area contributed by atoms with Crippen LogP contribution in [0, 0.1) is 13.8 Å². The molecule has 124 heavy (non-hydrogen) atoms. The van der Waals surface area contributed by atoms with Crippen molar-refractivity contribution >= 4 is 140 Å². The van der Waals surface area contributed by atoms with Gasteiger partial charge in [-0.1, -0.05) is 243 Å². The molecule has 0 bridgehead atoms. The first-order valence-corrected chi connectivity index (χ1v) is 42.6. The molecule has 26 rings (SSSR count). The molecule has 24 aromatic rings. The molecule has 2 aliphatic rings. The Balaban J connectivity index is 0.698. The summed E-state index contributed by atoms with van der Waals surface area (Å²) in [6, 6.07) is 118. The Morgan fingerprint density at radius 3 is 0.556 bits per heavy atom. The predicted molar refractivity (Wildman–Crippen MR) is 520 cm³/mol. The van der Waals surface area contributed by atoms with E-state index in [1.807, 2.05) is 0 Å². The first-order chi connectivity index (χ1) is 61.1. The molecular formula is C118H76O6. The van der Waals surface area contributed by atoms with Gasteiger partial charge in [0.15, 0.2) is 0 Å². The van der Waals surface area contributed by atoms with Gasteiger partial charge in [0.2, 0.25) is 0 Å². The minimum Gasteiger partial charge on any atom is -0.497 e. The van der Waals surface area contributed by atoms with Crippen LogP contribution in [0.3, 0.4) is 0 Å². The molecular weight excluding hydrogens is 1510 g/mol. The van der Waals surface area contributed by atoms with Crippen molar-refractivity contribution in [3.63, 3.8) is 0 Å². The maximum atomic E-state index is 5.91. The summed E-state index contributed by atoms with van der Waals surface area (Å²) < 4.78 is 35.3. The van der Waals surface area contributed by atoms with Crippen LogP contribution in [-0.2, 0) is 0 Å². The monoisotopic (exact) mass is 1590 g/mol. The summed E-state index contributed by atoms with van der Waals surface area (Å²) in [5.74, 6) is 4.80. The zero-order valence-electron chi connectivity index (χ0n) is 69.5. The van der Waals surface area contributed by atoms with E-state index in [0.717, 1.165) is 101 Å². The van der Waals surface area contributed by atoms with Gasteiger partial charge < -0.3 is 28.4 Å². The Labute approximate surface area is 714 Å². The lowest BCUT2D eigenvalue weighted by molar-refractivity contribution is 0.414. The molecule has 24 aromatic carbocycles. The lowest BCUT2D eigenvalue weighted by atomic mass is 9.76. The molecule has 0 N–H and O–H groups in total. The molecule has 0 saturated heterocycles. The molecule has 0 amide bonds. The number of hydrogen-bond donors (Lipinski definition) is 0. The van der Waals surface area contributed by atoms with Crippen LogP contribution in [0.5, 0.6) is 34.5 Å². The summed E-state index contributed by atoms with van der Waals surface area (Å²) in [5.41, 5.74) is 30.6. The standard InChI is InChI=1S/C118H76O6/c1-61-95-87-53-45-79-83-49-57-91-111-92(116-102(68-25-37-74(122-6)38-26-68)100(66-21-33-72(120-4)34-22-66)99(65-19-31-71(119-3)32-20-65)101(115(91)116)67-23-35-73(121-5)36-24-67)58-50-84(107(83)111)80-46-54-88(109(87)105(79)80)96(95)62(2)98-90-56-48-82-86-52-60-94-112-93(59-51-85(108(86)112)81-47-55-89(97(61)98)110(90)106(81)82)117-103(69-27-39-75(123-7)40-28-69)113-77(63-15-11-9-12-16-63)43-44-78(64-17-13-10-14-18-64)114(113)104(118(94)117)70-29-41-76(124-8)42-30-70/h9-60H,1-8H3. The van der Waals surface area contributed by atoms with Crippen molar-refractivity contribution in [3.8, 4) is 168 Å². The summed E-state index contributed by atoms with van der Waals surface area (Å²) >= 11 is 0. The van der Waals surface area contributed by atoms with Gasteiger partial charge in [0, 0.05) is 0 Å². The van der Waals surface area contributed by atoms with Crippen LogP contribution in [0.1, 0.15) is 11.1 Å². The Bertz CT molecular complexity index is 8220. The van der Waals surface area contributed by atoms with Gasteiger partial charge in [-0.3, -0.25) is 0 Å². The second-order valence-electron chi connectivity index (χ2n) is 33.8. The minimum atomic E-state index is 0.790. The van der Waals surface area contributed by atoms with E-state index in [9.17, 15) is 0 Å². The second-order valence-corrected chi connectivity index (χ2v) is 33.8. The molecule has 0 radical (unpaired) electrons. The van der Waals surface area contributed by atoms with E-state index in [1.165, 1.54) is 218 Å². The number of rotatable bonds is 14. The first kappa shape index (κ1) is 70.4. The van der Waals surface area contributed by atoms with Crippen LogP contribution in [0.4, 0.5) is 0 Å². The molecule has 6 heteroatoms. The highest BCUT2D eigenvalue weighted by molar-refractivity contribution is 6.50. The van der Waals surface area contributed by atoms with Gasteiger partial charge >= 0.3 is 0 Å². The van der Waals surface area contributed by atoms with Gasteiger partial charge in [0.05, 0.1) is 42.7 Å². The average Bonchev–Trinajstić information content (AvgIpc) is 1.25. The van der Waals surface area contributed by atoms with Crippen LogP contribution in [-0.4, -0.2) is 42.7 Å². The van der Waals surface area contributed by atoms with Gasteiger partial charge in [-0.15, -0.1) is 0 Å². The van der Waals surface area contributed by atoms with E-state index < -0.39 is 0 Å². The Hall–Kier alpha value is -15.5. The molecule has 0 aromatic heterocycles. The summed E-state index contributed by atoms with van der Waals surface area (Å²) in [6.45, 7) is 4.84. The van der Waals surface area contributed by atoms with Crippen molar-refractivity contribution in [1.82, 2.24) is 0 Å². The molecule has 0 heterocycles. The van der Waals surface area contributed by atoms with Crippen molar-refractivity contribution < 1.29 is 28.4 Å². The lowest BCUT2D eigenvalue weighted by Crippen LogP contribution is -2.00. The van der Waals surface area contributed by atoms with E-state index in [-0.39, 0.29) is 0 Å². The fraction of sp³-hybridized carbons (Fsp3) is 0.0678. The zero-order valence-corrected chi connectivity index (χ0v) is 69.5.